The third kappa shape index (κ3) is 2.87. The normalized spacial score (nSPS) is 43.2. The molecule has 0 bridgehead atoms. The number of ether oxygens (including phenoxy) is 1. The van der Waals surface area contributed by atoms with Gasteiger partial charge in [-0.2, -0.15) is 0 Å². The van der Waals surface area contributed by atoms with Gasteiger partial charge in [0.1, 0.15) is 17.1 Å². The highest BCUT2D eigenvalue weighted by atomic mass is 31.1. The van der Waals surface area contributed by atoms with E-state index >= 15 is 0 Å². The monoisotopic (exact) mass is 217 g/mol. The van der Waals surface area contributed by atoms with Gasteiger partial charge < -0.3 is 13.8 Å². The van der Waals surface area contributed by atoms with Crippen LogP contribution in [0.25, 0.3) is 0 Å². The van der Waals surface area contributed by atoms with Crippen LogP contribution in [0.3, 0.4) is 0 Å². The number of hydrogen-bond acceptors (Lipinski definition) is 3. The molecule has 0 spiro atoms. The molecule has 0 aromatic heterocycles. The summed E-state index contributed by atoms with van der Waals surface area (Å²) in [6, 6.07) is -0.237. The zero-order valence-corrected chi connectivity index (χ0v) is 9.87. The predicted octanol–water partition coefficient (Wildman–Crippen LogP) is 1.29. The molecule has 2 radical (unpaired) electrons. The Bertz CT molecular complexity index is 264. The average Bonchev–Trinajstić information content (AvgIpc) is 2.43. The molecule has 0 N–H and O–H groups in total. The van der Waals surface area contributed by atoms with E-state index in [1.54, 1.807) is 0 Å². The summed E-state index contributed by atoms with van der Waals surface area (Å²) in [5.41, 5.74) is 0. The van der Waals surface area contributed by atoms with Crippen LogP contribution in [0.4, 0.5) is 0 Å². The fourth-order valence-electron chi connectivity index (χ4n) is 1.49. The molecule has 1 aliphatic heterocycles. The van der Waals surface area contributed by atoms with Crippen molar-refractivity contribution in [1.29, 1.82) is 1.28 Å². The van der Waals surface area contributed by atoms with Gasteiger partial charge >= 0.3 is 0 Å². The second-order valence-electron chi connectivity index (χ2n) is 3.67. The Morgan fingerprint density at radius 3 is 2.64 bits per heavy atom. The van der Waals surface area contributed by atoms with Gasteiger partial charge in [0.2, 0.25) is 0 Å². The Labute approximate surface area is 89.4 Å². The van der Waals surface area contributed by atoms with Crippen LogP contribution in [0.1, 0.15) is 13.8 Å². The summed E-state index contributed by atoms with van der Waals surface area (Å²) >= 11 is 0. The van der Waals surface area contributed by atoms with Crippen molar-refractivity contribution in [3.63, 3.8) is 0 Å². The third-order valence-electron chi connectivity index (χ3n) is 2.85. The van der Waals surface area contributed by atoms with Gasteiger partial charge in [-0.25, -0.2) is 0 Å². The minimum absolute atomic E-state index is 0.0587. The molecule has 0 saturated carbocycles. The van der Waals surface area contributed by atoms with E-state index in [0.29, 0.717) is 18.4 Å². The largest absolute Gasteiger partial charge is 0.382 e. The van der Waals surface area contributed by atoms with Gasteiger partial charge in [0.25, 0.3) is 0 Å². The lowest BCUT2D eigenvalue weighted by Crippen LogP contribution is -2.20. The minimum Gasteiger partial charge on any atom is -0.382 e. The van der Waals surface area contributed by atoms with Gasteiger partial charge in [-0.3, -0.25) is 0 Å². The summed E-state index contributed by atoms with van der Waals surface area (Å²) in [6.07, 6.45) is 3.50. The third-order valence-corrected chi connectivity index (χ3v) is 3.70. The molecule has 14 heavy (non-hydrogen) atoms. The zero-order valence-electron chi connectivity index (χ0n) is 9.97. The smallest absolute Gasteiger partial charge is 0.116 e. The maximum absolute atomic E-state index is 7.57. The van der Waals surface area contributed by atoms with Crippen LogP contribution in [-0.2, 0) is 13.8 Å². The van der Waals surface area contributed by atoms with E-state index in [0.717, 1.165) is 0 Å². The molecular weight excluding hydrogens is 198 g/mol. The Morgan fingerprint density at radius 2 is 2.21 bits per heavy atom. The molecule has 0 aliphatic carbocycles. The summed E-state index contributed by atoms with van der Waals surface area (Å²) < 4.78 is 23.2. The maximum atomic E-state index is 7.57. The summed E-state index contributed by atoms with van der Waals surface area (Å²) in [4.78, 5) is 0. The molecule has 1 aliphatic rings. The van der Waals surface area contributed by atoms with Crippen molar-refractivity contribution in [2.75, 3.05) is 13.7 Å². The van der Waals surface area contributed by atoms with E-state index in [4.69, 9.17) is 22.9 Å². The number of hydrogen-bond donors (Lipinski definition) is 0. The topological polar surface area (TPSA) is 27.7 Å². The van der Waals surface area contributed by atoms with Crippen molar-refractivity contribution >= 4 is 22.1 Å². The molecular formula is C9H18BO3P. The molecule has 1 saturated heterocycles. The summed E-state index contributed by atoms with van der Waals surface area (Å²) in [7, 11) is 4.54. The van der Waals surface area contributed by atoms with Crippen LogP contribution in [0, 0.1) is 11.8 Å². The van der Waals surface area contributed by atoms with Crippen molar-refractivity contribution in [3.8, 4) is 0 Å². The van der Waals surface area contributed by atoms with Crippen LogP contribution in [0.2, 0.25) is 0 Å². The van der Waals surface area contributed by atoms with Crippen LogP contribution in [0.5, 0.6) is 0 Å². The van der Waals surface area contributed by atoms with Crippen LogP contribution in [0.15, 0.2) is 0 Å². The lowest BCUT2D eigenvalue weighted by Gasteiger charge is -2.17. The number of rotatable bonds is 4. The Morgan fingerprint density at radius 1 is 1.57 bits per heavy atom. The van der Waals surface area contributed by atoms with Gasteiger partial charge in [-0.1, -0.05) is 20.1 Å². The van der Waals surface area contributed by atoms with Crippen molar-refractivity contribution in [1.82, 2.24) is 0 Å². The van der Waals surface area contributed by atoms with E-state index in [1.165, 1.54) is 7.11 Å². The van der Waals surface area contributed by atoms with E-state index < -0.39 is 7.94 Å². The molecule has 80 valence electrons. The van der Waals surface area contributed by atoms with Gasteiger partial charge in [0, 0.05) is 13.1 Å². The molecule has 0 amide bonds. The fourth-order valence-corrected chi connectivity index (χ4v) is 1.91. The van der Waals surface area contributed by atoms with E-state index in [2.05, 4.69) is 20.1 Å². The molecule has 1 fully saturated rings. The first-order chi connectivity index (χ1) is 6.87. The molecule has 5 unspecified atom stereocenters. The quantitative estimate of drug-likeness (QED) is 0.524. The first-order valence-corrected chi connectivity index (χ1v) is 6.11. The fraction of sp³-hybridized carbons (Fsp3) is 0.889. The molecule has 3 nitrogen and oxygen atoms in total. The lowest BCUT2D eigenvalue weighted by molar-refractivity contribution is 0.0374. The first kappa shape index (κ1) is 10.8. The Kier molecular flexibility index (Phi) is 4.12. The van der Waals surface area contributed by atoms with Gasteiger partial charge in [0.15, 0.2) is 0 Å². The van der Waals surface area contributed by atoms with Crippen molar-refractivity contribution < 1.29 is 13.8 Å². The van der Waals surface area contributed by atoms with Crippen LogP contribution < -0.4 is 0 Å². The van der Waals surface area contributed by atoms with Crippen molar-refractivity contribution in [3.05, 3.63) is 0 Å². The second kappa shape index (κ2) is 5.36. The van der Waals surface area contributed by atoms with E-state index in [-0.39, 0.29) is 12.1 Å². The van der Waals surface area contributed by atoms with Gasteiger partial charge in [0.05, 0.1) is 12.7 Å². The summed E-state index contributed by atoms with van der Waals surface area (Å²) in [5, 5.41) is 0. The highest BCUT2D eigenvalue weighted by Crippen LogP contribution is 2.32. The summed E-state index contributed by atoms with van der Waals surface area (Å²) in [6.45, 7) is 4.46. The Hall–Kier alpha value is 0.245. The van der Waals surface area contributed by atoms with Crippen LogP contribution >= 0.6 is 7.94 Å². The second-order valence-corrected chi connectivity index (χ2v) is 4.96. The molecule has 1 rings (SSSR count). The highest BCUT2D eigenvalue weighted by Gasteiger charge is 2.35. The molecule has 1 heterocycles. The standard InChI is InChI=1S/C9H18BO3P/c1-6-7(2)9(10)13-8(6)5-12-14(4)11-3/h6-9,14H,4-5H2,1-3H3/i14D. The lowest BCUT2D eigenvalue weighted by atomic mass is 9.82. The predicted molar refractivity (Wildman–Crippen MR) is 61.1 cm³/mol. The van der Waals surface area contributed by atoms with Crippen LogP contribution in [-0.4, -0.2) is 41.2 Å². The van der Waals surface area contributed by atoms with E-state index in [1.807, 2.05) is 0 Å². The van der Waals surface area contributed by atoms with Gasteiger partial charge in [-0.05, 0) is 11.8 Å². The first-order valence-electron chi connectivity index (χ1n) is 5.19. The average molecular weight is 217 g/mol. The van der Waals surface area contributed by atoms with E-state index in [9.17, 15) is 0 Å². The van der Waals surface area contributed by atoms with Crippen molar-refractivity contribution in [2.45, 2.75) is 26.0 Å². The van der Waals surface area contributed by atoms with Crippen molar-refractivity contribution in [2.24, 2.45) is 11.8 Å². The molecule has 0 aromatic rings. The van der Waals surface area contributed by atoms with Gasteiger partial charge in [-0.15, -0.1) is 0 Å². The molecule has 5 heteroatoms. The minimum atomic E-state index is -2.66. The Balaban J connectivity index is 2.44. The maximum Gasteiger partial charge on any atom is 0.116 e. The SMILES string of the molecule is [2H]P(=C)(OC)OCC1OC([B])C(C)C1C. The molecule has 0 aromatic carbocycles. The summed E-state index contributed by atoms with van der Waals surface area (Å²) in [5.74, 6) is 0.640. The highest BCUT2D eigenvalue weighted by molar-refractivity contribution is 7.45. The zero-order chi connectivity index (χ0) is 11.6. The molecule has 5 atom stereocenters.